The summed E-state index contributed by atoms with van der Waals surface area (Å²) in [5, 5.41) is 2.94. The maximum atomic E-state index is 5.55. The molecule has 0 saturated carbocycles. The van der Waals surface area contributed by atoms with Gasteiger partial charge in [0, 0.05) is 6.20 Å². The number of hydrogen-bond acceptors (Lipinski definition) is 3. The van der Waals surface area contributed by atoms with Crippen molar-refractivity contribution in [2.45, 2.75) is 13.0 Å². The van der Waals surface area contributed by atoms with Gasteiger partial charge < -0.3 is 11.1 Å². The minimum absolute atomic E-state index is 0.137. The molecule has 3 N–H and O–H groups in total. The Kier molecular flexibility index (Phi) is 3.13. The Morgan fingerprint density at radius 3 is 2.92 bits per heavy atom. The summed E-state index contributed by atoms with van der Waals surface area (Å²) in [6.45, 7) is 1.83. The van der Waals surface area contributed by atoms with E-state index in [1.165, 1.54) is 0 Å². The number of aromatic nitrogens is 1. The number of nitrogens with zero attached hydrogens (tertiary/aromatic N) is 1. The van der Waals surface area contributed by atoms with E-state index in [-0.39, 0.29) is 6.04 Å². The van der Waals surface area contributed by atoms with Crippen molar-refractivity contribution in [1.82, 2.24) is 4.98 Å². The van der Waals surface area contributed by atoms with E-state index in [0.717, 1.165) is 5.82 Å². The van der Waals surface area contributed by atoms with Crippen molar-refractivity contribution in [2.24, 2.45) is 5.73 Å². The fourth-order valence-electron chi connectivity index (χ4n) is 0.677. The van der Waals surface area contributed by atoms with Crippen molar-refractivity contribution >= 4 is 23.0 Å². The monoisotopic (exact) mass is 181 g/mol. The maximum absolute atomic E-state index is 5.55. The predicted octanol–water partition coefficient (Wildman–Crippen LogP) is 1.17. The van der Waals surface area contributed by atoms with Gasteiger partial charge >= 0.3 is 0 Å². The Morgan fingerprint density at radius 2 is 2.42 bits per heavy atom. The lowest BCUT2D eigenvalue weighted by Gasteiger charge is -2.08. The second-order valence-corrected chi connectivity index (χ2v) is 2.93. The van der Waals surface area contributed by atoms with Crippen molar-refractivity contribution in [3.8, 4) is 0 Å². The molecule has 1 aromatic rings. The van der Waals surface area contributed by atoms with Crippen LogP contribution < -0.4 is 11.1 Å². The third kappa shape index (κ3) is 2.56. The second-order valence-electron chi connectivity index (χ2n) is 2.49. The molecule has 1 atom stereocenters. The molecule has 12 heavy (non-hydrogen) atoms. The number of nitrogens with two attached hydrogens (primary N) is 1. The molecule has 0 aromatic carbocycles. The number of anilines is 1. The van der Waals surface area contributed by atoms with E-state index >= 15 is 0 Å². The smallest absolute Gasteiger partial charge is 0.130 e. The zero-order valence-corrected chi connectivity index (χ0v) is 7.64. The average Bonchev–Trinajstić information content (AvgIpc) is 2.06. The van der Waals surface area contributed by atoms with Gasteiger partial charge in [-0.15, -0.1) is 0 Å². The molecule has 0 aliphatic rings. The van der Waals surface area contributed by atoms with Crippen molar-refractivity contribution in [1.29, 1.82) is 0 Å². The quantitative estimate of drug-likeness (QED) is 0.672. The van der Waals surface area contributed by atoms with Crippen LogP contribution in [0.4, 0.5) is 5.82 Å². The van der Waals surface area contributed by atoms with E-state index in [2.05, 4.69) is 10.3 Å². The molecular formula is C8H11N3S. The first-order valence-electron chi connectivity index (χ1n) is 3.67. The lowest BCUT2D eigenvalue weighted by atomic mass is 10.3. The lowest BCUT2D eigenvalue weighted by Crippen LogP contribution is -2.31. The molecule has 0 spiro atoms. The van der Waals surface area contributed by atoms with Gasteiger partial charge in [0.1, 0.15) is 5.82 Å². The van der Waals surface area contributed by atoms with Crippen LogP contribution in [0, 0.1) is 0 Å². The topological polar surface area (TPSA) is 50.9 Å². The molecule has 4 heteroatoms. The third-order valence-corrected chi connectivity index (χ3v) is 1.80. The fourth-order valence-corrected chi connectivity index (χ4v) is 0.781. The van der Waals surface area contributed by atoms with Crippen LogP contribution in [-0.2, 0) is 0 Å². The Labute approximate surface area is 77.0 Å². The molecule has 0 bridgehead atoms. The molecule has 1 aromatic heterocycles. The summed E-state index contributed by atoms with van der Waals surface area (Å²) in [4.78, 5) is 4.65. The van der Waals surface area contributed by atoms with E-state index in [1.807, 2.05) is 25.1 Å². The molecule has 3 nitrogen and oxygen atoms in total. The van der Waals surface area contributed by atoms with Gasteiger partial charge in [0.2, 0.25) is 0 Å². The van der Waals surface area contributed by atoms with E-state index in [9.17, 15) is 0 Å². The number of pyridine rings is 1. The normalized spacial score (nSPS) is 12.2. The minimum Gasteiger partial charge on any atom is -0.333 e. The van der Waals surface area contributed by atoms with E-state index in [4.69, 9.17) is 18.0 Å². The van der Waals surface area contributed by atoms with Gasteiger partial charge in [0.15, 0.2) is 0 Å². The first kappa shape index (κ1) is 9.09. The van der Waals surface area contributed by atoms with Crippen molar-refractivity contribution < 1.29 is 0 Å². The van der Waals surface area contributed by atoms with Crippen molar-refractivity contribution in [3.63, 3.8) is 0 Å². The van der Waals surface area contributed by atoms with Crippen LogP contribution in [0.1, 0.15) is 6.92 Å². The van der Waals surface area contributed by atoms with Crippen LogP contribution >= 0.6 is 12.2 Å². The highest BCUT2D eigenvalue weighted by Crippen LogP contribution is 2.00. The van der Waals surface area contributed by atoms with Crippen LogP contribution in [0.25, 0.3) is 0 Å². The Bertz CT molecular complexity index is 258. The van der Waals surface area contributed by atoms with Gasteiger partial charge in [-0.1, -0.05) is 18.3 Å². The first-order valence-corrected chi connectivity index (χ1v) is 4.08. The molecule has 0 amide bonds. The predicted molar refractivity (Wildman–Crippen MR) is 54.1 cm³/mol. The largest absolute Gasteiger partial charge is 0.333 e. The van der Waals surface area contributed by atoms with E-state index < -0.39 is 0 Å². The average molecular weight is 181 g/mol. The molecule has 1 unspecified atom stereocenters. The number of rotatable bonds is 2. The van der Waals surface area contributed by atoms with Crippen LogP contribution in [-0.4, -0.2) is 16.0 Å². The first-order chi connectivity index (χ1) is 5.70. The third-order valence-electron chi connectivity index (χ3n) is 1.33. The summed E-state index contributed by atoms with van der Waals surface area (Å²) >= 11 is 4.98. The molecule has 0 radical (unpaired) electrons. The van der Waals surface area contributed by atoms with E-state index in [1.54, 1.807) is 6.20 Å². The maximum Gasteiger partial charge on any atom is 0.130 e. The van der Waals surface area contributed by atoms with Crippen LogP contribution in [0.15, 0.2) is 24.4 Å². The highest BCUT2D eigenvalue weighted by molar-refractivity contribution is 7.80. The zero-order chi connectivity index (χ0) is 8.97. The van der Waals surface area contributed by atoms with Gasteiger partial charge in [-0.3, -0.25) is 0 Å². The van der Waals surface area contributed by atoms with Gasteiger partial charge in [-0.25, -0.2) is 4.98 Å². The molecule has 0 fully saturated rings. The van der Waals surface area contributed by atoms with Crippen LogP contribution in [0.2, 0.25) is 0 Å². The summed E-state index contributed by atoms with van der Waals surface area (Å²) in [7, 11) is 0. The van der Waals surface area contributed by atoms with Crippen LogP contribution in [0.5, 0.6) is 0 Å². The molecule has 1 rings (SSSR count). The Hall–Kier alpha value is -1.00. The van der Waals surface area contributed by atoms with Gasteiger partial charge in [0.25, 0.3) is 0 Å². The zero-order valence-electron chi connectivity index (χ0n) is 6.82. The number of nitrogens with one attached hydrogen (secondary N) is 1. The fraction of sp³-hybridized carbons (Fsp3) is 0.250. The second kappa shape index (κ2) is 4.13. The summed E-state index contributed by atoms with van der Waals surface area (Å²) in [5.41, 5.74) is 5.55. The summed E-state index contributed by atoms with van der Waals surface area (Å²) in [6.07, 6.45) is 1.70. The van der Waals surface area contributed by atoms with Crippen molar-refractivity contribution in [2.75, 3.05) is 5.32 Å². The van der Waals surface area contributed by atoms with Crippen LogP contribution in [0.3, 0.4) is 0 Å². The Morgan fingerprint density at radius 1 is 1.67 bits per heavy atom. The number of thiocarbonyl (C=S) groups is 1. The lowest BCUT2D eigenvalue weighted by molar-refractivity contribution is 0.986. The molecular weight excluding hydrogens is 170 g/mol. The van der Waals surface area contributed by atoms with Gasteiger partial charge in [-0.05, 0) is 19.1 Å². The molecule has 0 aliphatic heterocycles. The summed E-state index contributed by atoms with van der Waals surface area (Å²) < 4.78 is 0. The minimum atomic E-state index is -0.137. The SMILES string of the molecule is CC(N)C(=S)Nc1ccccn1. The summed E-state index contributed by atoms with van der Waals surface area (Å²) in [5.74, 6) is 0.736. The van der Waals surface area contributed by atoms with Gasteiger partial charge in [0.05, 0.1) is 11.0 Å². The standard InChI is InChI=1S/C8H11N3S/c1-6(9)8(12)11-7-4-2-3-5-10-7/h2-6H,9H2,1H3,(H,10,11,12). The summed E-state index contributed by atoms with van der Waals surface area (Å²) in [6, 6.07) is 5.44. The molecule has 0 aliphatic carbocycles. The van der Waals surface area contributed by atoms with Gasteiger partial charge in [-0.2, -0.15) is 0 Å². The van der Waals surface area contributed by atoms with E-state index in [0.29, 0.717) is 4.99 Å². The highest BCUT2D eigenvalue weighted by Gasteiger charge is 2.02. The Balaban J connectivity index is 2.59. The number of hydrogen-bond donors (Lipinski definition) is 2. The molecule has 0 saturated heterocycles. The molecule has 64 valence electrons. The molecule has 1 heterocycles. The van der Waals surface area contributed by atoms with Crippen molar-refractivity contribution in [3.05, 3.63) is 24.4 Å². The highest BCUT2D eigenvalue weighted by atomic mass is 32.1.